The zero-order valence-corrected chi connectivity index (χ0v) is 14.9. The zero-order chi connectivity index (χ0) is 18.1. The first-order valence-corrected chi connectivity index (χ1v) is 8.77. The summed E-state index contributed by atoms with van der Waals surface area (Å²) in [5.74, 6) is 2.20. The molecule has 0 unspecified atom stereocenters. The van der Waals surface area contributed by atoms with Crippen molar-refractivity contribution in [3.8, 4) is 0 Å². The van der Waals surface area contributed by atoms with Gasteiger partial charge in [-0.1, -0.05) is 35.5 Å². The minimum Gasteiger partial charge on any atom is -0.361 e. The van der Waals surface area contributed by atoms with Crippen molar-refractivity contribution in [2.45, 2.75) is 39.3 Å². The molecule has 134 valence electrons. The summed E-state index contributed by atoms with van der Waals surface area (Å²) in [6.45, 7) is 5.00. The van der Waals surface area contributed by atoms with Gasteiger partial charge >= 0.3 is 0 Å². The summed E-state index contributed by atoms with van der Waals surface area (Å²) in [5, 5.41) is 8.33. The van der Waals surface area contributed by atoms with Crippen molar-refractivity contribution in [1.29, 1.82) is 0 Å². The summed E-state index contributed by atoms with van der Waals surface area (Å²) >= 11 is 0. The Balaban J connectivity index is 1.62. The Morgan fingerprint density at radius 3 is 2.77 bits per heavy atom. The van der Waals surface area contributed by atoms with Gasteiger partial charge in [-0.2, -0.15) is 5.10 Å². The summed E-state index contributed by atoms with van der Waals surface area (Å²) < 4.78 is 7.14. The van der Waals surface area contributed by atoms with Crippen LogP contribution in [0.3, 0.4) is 0 Å². The lowest BCUT2D eigenvalue weighted by Crippen LogP contribution is -2.44. The smallest absolute Gasteiger partial charge is 0.230 e. The van der Waals surface area contributed by atoms with Crippen LogP contribution in [0.25, 0.3) is 0 Å². The van der Waals surface area contributed by atoms with E-state index in [-0.39, 0.29) is 18.4 Å². The second kappa shape index (κ2) is 6.74. The lowest BCUT2D eigenvalue weighted by Gasteiger charge is -2.35. The number of rotatable bonds is 4. The number of aromatic nitrogens is 4. The van der Waals surface area contributed by atoms with Crippen molar-refractivity contribution >= 4 is 5.91 Å². The molecule has 0 aliphatic carbocycles. The van der Waals surface area contributed by atoms with Crippen LogP contribution in [0.4, 0.5) is 0 Å². The summed E-state index contributed by atoms with van der Waals surface area (Å²) in [4.78, 5) is 19.5. The third-order valence-electron chi connectivity index (χ3n) is 4.63. The van der Waals surface area contributed by atoms with Gasteiger partial charge in [0.15, 0.2) is 0 Å². The van der Waals surface area contributed by atoms with Crippen molar-refractivity contribution in [3.63, 3.8) is 0 Å². The Bertz CT molecular complexity index is 915. The standard InChI is InChI=1S/C19H21N5O2/c1-13-10-16(26-22-13)12-18(25)23-8-9-24-19(20-14(2)21-24)17(23)11-15-6-4-3-5-7-15/h3-7,10,17H,8-9,11-12H2,1-2H3/t17-/m0/s1. The van der Waals surface area contributed by atoms with E-state index in [0.29, 0.717) is 25.3 Å². The topological polar surface area (TPSA) is 77.0 Å². The molecule has 0 saturated heterocycles. The molecule has 0 fully saturated rings. The van der Waals surface area contributed by atoms with Gasteiger partial charge in [0.2, 0.25) is 5.91 Å². The minimum absolute atomic E-state index is 0.0222. The molecule has 2 aromatic heterocycles. The Morgan fingerprint density at radius 2 is 2.04 bits per heavy atom. The molecule has 1 amide bonds. The average molecular weight is 351 g/mol. The molecule has 7 heteroatoms. The van der Waals surface area contributed by atoms with Gasteiger partial charge in [-0.15, -0.1) is 0 Å². The molecule has 3 aromatic rings. The highest BCUT2D eigenvalue weighted by atomic mass is 16.5. The first kappa shape index (κ1) is 16.5. The Morgan fingerprint density at radius 1 is 1.23 bits per heavy atom. The van der Waals surface area contributed by atoms with Crippen molar-refractivity contribution in [2.24, 2.45) is 0 Å². The Labute approximate surface area is 151 Å². The molecule has 4 rings (SSSR count). The van der Waals surface area contributed by atoms with Gasteiger partial charge in [0.05, 0.1) is 24.7 Å². The van der Waals surface area contributed by atoms with Gasteiger partial charge in [0.25, 0.3) is 0 Å². The fraction of sp³-hybridized carbons (Fsp3) is 0.368. The third kappa shape index (κ3) is 3.24. The first-order chi connectivity index (χ1) is 12.6. The van der Waals surface area contributed by atoms with Crippen LogP contribution >= 0.6 is 0 Å². The number of nitrogens with zero attached hydrogens (tertiary/aromatic N) is 5. The third-order valence-corrected chi connectivity index (χ3v) is 4.63. The van der Waals surface area contributed by atoms with Crippen molar-refractivity contribution < 1.29 is 9.32 Å². The number of aryl methyl sites for hydroxylation is 2. The van der Waals surface area contributed by atoms with Crippen molar-refractivity contribution in [1.82, 2.24) is 24.8 Å². The van der Waals surface area contributed by atoms with E-state index in [2.05, 4.69) is 27.4 Å². The fourth-order valence-corrected chi connectivity index (χ4v) is 3.47. The number of carbonyl (C=O) groups excluding carboxylic acids is 1. The van der Waals surface area contributed by atoms with E-state index < -0.39 is 0 Å². The van der Waals surface area contributed by atoms with Crippen LogP contribution < -0.4 is 0 Å². The minimum atomic E-state index is -0.135. The molecule has 7 nitrogen and oxygen atoms in total. The number of benzene rings is 1. The van der Waals surface area contributed by atoms with Crippen molar-refractivity contribution in [3.05, 3.63) is 65.1 Å². The molecule has 3 heterocycles. The number of hydrogen-bond donors (Lipinski definition) is 0. The second-order valence-electron chi connectivity index (χ2n) is 6.64. The first-order valence-electron chi connectivity index (χ1n) is 8.77. The summed E-state index contributed by atoms with van der Waals surface area (Å²) in [6.07, 6.45) is 0.916. The van der Waals surface area contributed by atoms with E-state index in [1.807, 2.05) is 41.6 Å². The average Bonchev–Trinajstić information content (AvgIpc) is 3.20. The molecule has 0 bridgehead atoms. The fourth-order valence-electron chi connectivity index (χ4n) is 3.47. The highest BCUT2D eigenvalue weighted by Gasteiger charge is 2.33. The van der Waals surface area contributed by atoms with Crippen molar-refractivity contribution in [2.75, 3.05) is 6.54 Å². The predicted octanol–water partition coefficient (Wildman–Crippen LogP) is 2.25. The van der Waals surface area contributed by atoms with Gasteiger partial charge in [-0.25, -0.2) is 9.67 Å². The SMILES string of the molecule is Cc1cc(CC(=O)N2CCn3nc(C)nc3[C@@H]2Cc2ccccc2)on1. The predicted molar refractivity (Wildman–Crippen MR) is 94.3 cm³/mol. The number of fused-ring (bicyclic) bond motifs is 1. The van der Waals surface area contributed by atoms with E-state index in [4.69, 9.17) is 4.52 Å². The molecule has 0 spiro atoms. The zero-order valence-electron chi connectivity index (χ0n) is 14.9. The van der Waals surface area contributed by atoms with E-state index in [0.717, 1.165) is 17.3 Å². The van der Waals surface area contributed by atoms with Gasteiger partial charge in [-0.3, -0.25) is 4.79 Å². The number of hydrogen-bond acceptors (Lipinski definition) is 5. The second-order valence-corrected chi connectivity index (χ2v) is 6.64. The molecule has 1 aliphatic rings. The monoisotopic (exact) mass is 351 g/mol. The van der Waals surface area contributed by atoms with Crippen LogP contribution in [0.2, 0.25) is 0 Å². The van der Waals surface area contributed by atoms with Crippen LogP contribution in [0.5, 0.6) is 0 Å². The van der Waals surface area contributed by atoms with Crippen LogP contribution in [0.1, 0.15) is 34.7 Å². The van der Waals surface area contributed by atoms with E-state index >= 15 is 0 Å². The van der Waals surface area contributed by atoms with E-state index in [9.17, 15) is 4.79 Å². The normalized spacial score (nSPS) is 16.5. The summed E-state index contributed by atoms with van der Waals surface area (Å²) in [6, 6.07) is 11.8. The lowest BCUT2D eigenvalue weighted by molar-refractivity contribution is -0.134. The maximum atomic E-state index is 13.0. The largest absolute Gasteiger partial charge is 0.361 e. The van der Waals surface area contributed by atoms with Gasteiger partial charge < -0.3 is 9.42 Å². The lowest BCUT2D eigenvalue weighted by atomic mass is 10.0. The molecule has 26 heavy (non-hydrogen) atoms. The molecule has 1 aromatic carbocycles. The number of carbonyl (C=O) groups is 1. The number of amides is 1. The van der Waals surface area contributed by atoms with Crippen LogP contribution in [-0.4, -0.2) is 37.3 Å². The molecule has 1 atom stereocenters. The highest BCUT2D eigenvalue weighted by molar-refractivity contribution is 5.78. The Kier molecular flexibility index (Phi) is 4.28. The summed E-state index contributed by atoms with van der Waals surface area (Å²) in [5.41, 5.74) is 1.95. The van der Waals surface area contributed by atoms with Gasteiger partial charge in [-0.05, 0) is 19.4 Å². The van der Waals surface area contributed by atoms with Crippen LogP contribution in [0.15, 0.2) is 40.9 Å². The molecular weight excluding hydrogens is 330 g/mol. The van der Waals surface area contributed by atoms with E-state index in [1.54, 1.807) is 6.07 Å². The molecule has 1 aliphatic heterocycles. The molecule has 0 saturated carbocycles. The van der Waals surface area contributed by atoms with Gasteiger partial charge in [0, 0.05) is 19.0 Å². The van der Waals surface area contributed by atoms with Gasteiger partial charge in [0.1, 0.15) is 17.4 Å². The maximum absolute atomic E-state index is 13.0. The quantitative estimate of drug-likeness (QED) is 0.720. The Hall–Kier alpha value is -2.96. The summed E-state index contributed by atoms with van der Waals surface area (Å²) in [7, 11) is 0. The highest BCUT2D eigenvalue weighted by Crippen LogP contribution is 2.28. The van der Waals surface area contributed by atoms with Crippen LogP contribution in [-0.2, 0) is 24.2 Å². The molecular formula is C19H21N5O2. The molecule has 0 N–H and O–H groups in total. The maximum Gasteiger partial charge on any atom is 0.230 e. The van der Waals surface area contributed by atoms with Crippen LogP contribution in [0, 0.1) is 13.8 Å². The molecule has 0 radical (unpaired) electrons. The van der Waals surface area contributed by atoms with E-state index in [1.165, 1.54) is 5.56 Å².